The zero-order valence-corrected chi connectivity index (χ0v) is 13.0. The molecule has 0 aliphatic carbocycles. The average molecular weight is 258 g/mol. The molecule has 0 atom stereocenters. The minimum absolute atomic E-state index is 0.182. The Kier molecular flexibility index (Phi) is 3.48. The number of benzene rings is 1. The lowest BCUT2D eigenvalue weighted by Crippen LogP contribution is -2.10. The molecule has 1 aromatic heterocycles. The fourth-order valence-electron chi connectivity index (χ4n) is 2.88. The van der Waals surface area contributed by atoms with E-state index in [1.54, 1.807) is 0 Å². The molecule has 0 bridgehead atoms. The Morgan fingerprint density at radius 1 is 1.21 bits per heavy atom. The van der Waals surface area contributed by atoms with E-state index >= 15 is 0 Å². The van der Waals surface area contributed by atoms with E-state index in [0.29, 0.717) is 12.5 Å². The van der Waals surface area contributed by atoms with Crippen molar-refractivity contribution in [3.63, 3.8) is 0 Å². The van der Waals surface area contributed by atoms with Crippen LogP contribution in [-0.4, -0.2) is 4.57 Å². The third-order valence-corrected chi connectivity index (χ3v) is 4.00. The normalized spacial score (nSPS) is 12.6. The van der Waals surface area contributed by atoms with Crippen LogP contribution in [0, 0.1) is 0 Å². The second-order valence-corrected chi connectivity index (χ2v) is 6.76. The number of aryl methyl sites for hydroxylation is 1. The second-order valence-electron chi connectivity index (χ2n) is 6.76. The van der Waals surface area contributed by atoms with Crippen LogP contribution in [0.3, 0.4) is 0 Å². The molecule has 0 spiro atoms. The highest BCUT2D eigenvalue weighted by Gasteiger charge is 2.20. The van der Waals surface area contributed by atoms with Gasteiger partial charge in [-0.1, -0.05) is 40.7 Å². The zero-order chi connectivity index (χ0) is 14.4. The lowest BCUT2D eigenvalue weighted by atomic mass is 9.85. The van der Waals surface area contributed by atoms with Crippen molar-refractivity contribution in [3.8, 4) is 0 Å². The van der Waals surface area contributed by atoms with E-state index in [-0.39, 0.29) is 5.41 Å². The maximum atomic E-state index is 5.96. The van der Waals surface area contributed by atoms with Gasteiger partial charge in [0.1, 0.15) is 0 Å². The van der Waals surface area contributed by atoms with Gasteiger partial charge in [0.15, 0.2) is 0 Å². The number of nitrogens with zero attached hydrogens (tertiary/aromatic N) is 1. The van der Waals surface area contributed by atoms with Gasteiger partial charge in [-0.2, -0.15) is 0 Å². The summed E-state index contributed by atoms with van der Waals surface area (Å²) in [6, 6.07) is 6.83. The van der Waals surface area contributed by atoms with Crippen LogP contribution < -0.4 is 5.73 Å². The fourth-order valence-corrected chi connectivity index (χ4v) is 2.88. The molecule has 104 valence electrons. The molecule has 0 aliphatic rings. The van der Waals surface area contributed by atoms with Crippen molar-refractivity contribution in [1.29, 1.82) is 0 Å². The van der Waals surface area contributed by atoms with Crippen molar-refractivity contribution < 1.29 is 0 Å². The second kappa shape index (κ2) is 4.68. The van der Waals surface area contributed by atoms with Crippen LogP contribution in [0.15, 0.2) is 18.2 Å². The third-order valence-electron chi connectivity index (χ3n) is 4.00. The molecular formula is C17H26N2. The van der Waals surface area contributed by atoms with Gasteiger partial charge < -0.3 is 10.3 Å². The van der Waals surface area contributed by atoms with Crippen LogP contribution >= 0.6 is 0 Å². The summed E-state index contributed by atoms with van der Waals surface area (Å²) in [7, 11) is 2.12. The monoisotopic (exact) mass is 258 g/mol. The van der Waals surface area contributed by atoms with Gasteiger partial charge in [-0.25, -0.2) is 0 Å². The van der Waals surface area contributed by atoms with Crippen molar-refractivity contribution in [3.05, 3.63) is 35.0 Å². The minimum atomic E-state index is 0.182. The van der Waals surface area contributed by atoms with Gasteiger partial charge >= 0.3 is 0 Å². The summed E-state index contributed by atoms with van der Waals surface area (Å²) >= 11 is 0. The standard InChI is InChI=1S/C17H26N2/c1-11(2)16-13-9-12(17(3,4)5)7-8-14(13)19(6)15(16)10-18/h7-9,11H,10,18H2,1-6H3. The highest BCUT2D eigenvalue weighted by atomic mass is 15.0. The van der Waals surface area contributed by atoms with E-state index < -0.39 is 0 Å². The van der Waals surface area contributed by atoms with Crippen LogP contribution in [-0.2, 0) is 19.0 Å². The number of nitrogens with two attached hydrogens (primary N) is 1. The molecule has 1 aromatic carbocycles. The van der Waals surface area contributed by atoms with Gasteiger partial charge in [-0.3, -0.25) is 0 Å². The summed E-state index contributed by atoms with van der Waals surface area (Å²) in [5.74, 6) is 0.498. The third kappa shape index (κ3) is 2.30. The van der Waals surface area contributed by atoms with Crippen LogP contribution in [0.1, 0.15) is 57.4 Å². The van der Waals surface area contributed by atoms with Gasteiger partial charge in [-0.15, -0.1) is 0 Å². The first kappa shape index (κ1) is 14.1. The van der Waals surface area contributed by atoms with Gasteiger partial charge in [0.05, 0.1) is 0 Å². The number of hydrogen-bond acceptors (Lipinski definition) is 1. The van der Waals surface area contributed by atoms with Crippen molar-refractivity contribution in [1.82, 2.24) is 4.57 Å². The minimum Gasteiger partial charge on any atom is -0.346 e. The number of hydrogen-bond donors (Lipinski definition) is 1. The lowest BCUT2D eigenvalue weighted by Gasteiger charge is -2.19. The van der Waals surface area contributed by atoms with Crippen LogP contribution in [0.25, 0.3) is 10.9 Å². The number of rotatable bonds is 2. The molecule has 0 radical (unpaired) electrons. The first-order valence-corrected chi connectivity index (χ1v) is 7.09. The summed E-state index contributed by atoms with van der Waals surface area (Å²) in [5, 5.41) is 1.37. The van der Waals surface area contributed by atoms with Gasteiger partial charge in [-0.05, 0) is 34.6 Å². The van der Waals surface area contributed by atoms with Crippen molar-refractivity contribution in [2.75, 3.05) is 0 Å². The molecule has 0 unspecified atom stereocenters. The highest BCUT2D eigenvalue weighted by Crippen LogP contribution is 2.34. The summed E-state index contributed by atoms with van der Waals surface area (Å²) in [5.41, 5.74) is 11.5. The SMILES string of the molecule is CC(C)c1c(CN)n(C)c2ccc(C(C)(C)C)cc12. The topological polar surface area (TPSA) is 30.9 Å². The molecule has 2 N–H and O–H groups in total. The smallest absolute Gasteiger partial charge is 0.0483 e. The molecule has 0 amide bonds. The molecular weight excluding hydrogens is 232 g/mol. The van der Waals surface area contributed by atoms with Crippen LogP contribution in [0.2, 0.25) is 0 Å². The Hall–Kier alpha value is -1.28. The van der Waals surface area contributed by atoms with Crippen LogP contribution in [0.4, 0.5) is 0 Å². The van der Waals surface area contributed by atoms with E-state index in [4.69, 9.17) is 5.73 Å². The molecule has 1 heterocycles. The predicted octanol–water partition coefficient (Wildman–Crippen LogP) is 4.06. The highest BCUT2D eigenvalue weighted by molar-refractivity contribution is 5.87. The van der Waals surface area contributed by atoms with Crippen molar-refractivity contribution >= 4 is 10.9 Å². The van der Waals surface area contributed by atoms with E-state index in [2.05, 4.69) is 64.4 Å². The number of fused-ring (bicyclic) bond motifs is 1. The summed E-state index contributed by atoms with van der Waals surface area (Å²) in [6.07, 6.45) is 0. The maximum absolute atomic E-state index is 5.96. The Balaban J connectivity index is 2.81. The Morgan fingerprint density at radius 3 is 2.32 bits per heavy atom. The molecule has 0 saturated carbocycles. The molecule has 0 aliphatic heterocycles. The van der Waals surface area contributed by atoms with Crippen LogP contribution in [0.5, 0.6) is 0 Å². The van der Waals surface area contributed by atoms with E-state index in [1.807, 2.05) is 0 Å². The summed E-state index contributed by atoms with van der Waals surface area (Å²) < 4.78 is 2.25. The molecule has 2 rings (SSSR count). The van der Waals surface area contributed by atoms with E-state index in [9.17, 15) is 0 Å². The molecule has 0 saturated heterocycles. The molecule has 2 nitrogen and oxygen atoms in total. The predicted molar refractivity (Wildman–Crippen MR) is 83.6 cm³/mol. The average Bonchev–Trinajstić information content (AvgIpc) is 2.60. The Morgan fingerprint density at radius 2 is 1.84 bits per heavy atom. The van der Waals surface area contributed by atoms with Crippen molar-refractivity contribution in [2.24, 2.45) is 12.8 Å². The molecule has 19 heavy (non-hydrogen) atoms. The molecule has 2 aromatic rings. The quantitative estimate of drug-likeness (QED) is 0.865. The Bertz CT molecular complexity index is 598. The molecule has 2 heteroatoms. The van der Waals surface area contributed by atoms with Gasteiger partial charge in [0.25, 0.3) is 0 Å². The summed E-state index contributed by atoms with van der Waals surface area (Å²) in [6.45, 7) is 11.9. The zero-order valence-electron chi connectivity index (χ0n) is 13.0. The van der Waals surface area contributed by atoms with E-state index in [0.717, 1.165) is 0 Å². The fraction of sp³-hybridized carbons (Fsp3) is 0.529. The first-order chi connectivity index (χ1) is 8.77. The largest absolute Gasteiger partial charge is 0.346 e. The van der Waals surface area contributed by atoms with Crippen molar-refractivity contribution in [2.45, 2.75) is 52.5 Å². The number of aromatic nitrogens is 1. The lowest BCUT2D eigenvalue weighted by molar-refractivity contribution is 0.591. The molecule has 0 fully saturated rings. The first-order valence-electron chi connectivity index (χ1n) is 7.09. The van der Waals surface area contributed by atoms with Gasteiger partial charge in [0, 0.05) is 30.2 Å². The maximum Gasteiger partial charge on any atom is 0.0483 e. The summed E-state index contributed by atoms with van der Waals surface area (Å²) in [4.78, 5) is 0. The van der Waals surface area contributed by atoms with Gasteiger partial charge in [0.2, 0.25) is 0 Å². The Labute approximate surface area is 116 Å². The van der Waals surface area contributed by atoms with E-state index in [1.165, 1.54) is 27.7 Å².